The van der Waals surface area contributed by atoms with E-state index in [1.165, 1.54) is 0 Å². The fourth-order valence-electron chi connectivity index (χ4n) is 1.98. The number of ether oxygens (including phenoxy) is 1. The van der Waals surface area contributed by atoms with Crippen LogP contribution in [0, 0.1) is 5.41 Å². The molecule has 0 atom stereocenters. The molecule has 0 aliphatic rings. The van der Waals surface area contributed by atoms with Gasteiger partial charge in [0.2, 0.25) is 0 Å². The first kappa shape index (κ1) is 13.1. The van der Waals surface area contributed by atoms with Gasteiger partial charge in [-0.25, -0.2) is 0 Å². The van der Waals surface area contributed by atoms with Crippen LogP contribution in [0.2, 0.25) is 0 Å². The molecule has 0 fully saturated rings. The zero-order chi connectivity index (χ0) is 13.7. The third-order valence-electron chi connectivity index (χ3n) is 3.03. The average Bonchev–Trinajstić information content (AvgIpc) is 2.48. The van der Waals surface area contributed by atoms with Crippen molar-refractivity contribution in [3.63, 3.8) is 0 Å². The molecule has 0 aromatic heterocycles. The van der Waals surface area contributed by atoms with E-state index in [2.05, 4.69) is 0 Å². The Bertz CT molecular complexity index is 552. The van der Waals surface area contributed by atoms with Gasteiger partial charge in [0, 0.05) is 24.7 Å². The Balaban J connectivity index is 2.13. The van der Waals surface area contributed by atoms with E-state index >= 15 is 0 Å². The first-order valence-electron chi connectivity index (χ1n) is 6.19. The third-order valence-corrected chi connectivity index (χ3v) is 3.03. The fourth-order valence-corrected chi connectivity index (χ4v) is 1.98. The molecule has 0 spiro atoms. The van der Waals surface area contributed by atoms with Crippen molar-refractivity contribution in [2.24, 2.45) is 0 Å². The molecule has 0 aliphatic carbocycles. The molecule has 0 bridgehead atoms. The third kappa shape index (κ3) is 3.13. The van der Waals surface area contributed by atoms with Crippen LogP contribution in [0.4, 0.5) is 0 Å². The van der Waals surface area contributed by atoms with Crippen LogP contribution in [0.25, 0.3) is 0 Å². The summed E-state index contributed by atoms with van der Waals surface area (Å²) in [6.07, 6.45) is 0. The quantitative estimate of drug-likeness (QED) is 0.672. The lowest BCUT2D eigenvalue weighted by Crippen LogP contribution is -2.26. The largest absolute Gasteiger partial charge is 0.496 e. The predicted octanol–water partition coefficient (Wildman–Crippen LogP) is 3.15. The Hall–Kier alpha value is -2.29. The highest BCUT2D eigenvalue weighted by Crippen LogP contribution is 2.19. The summed E-state index contributed by atoms with van der Waals surface area (Å²) in [6, 6.07) is 17.6. The van der Waals surface area contributed by atoms with E-state index in [0.717, 1.165) is 16.9 Å². The van der Waals surface area contributed by atoms with E-state index in [1.807, 2.05) is 66.5 Å². The minimum absolute atomic E-state index is 0.506. The predicted molar refractivity (Wildman–Crippen MR) is 77.7 cm³/mol. The van der Waals surface area contributed by atoms with Gasteiger partial charge in [0.05, 0.1) is 7.11 Å². The maximum absolute atomic E-state index is 8.20. The van der Waals surface area contributed by atoms with Crippen molar-refractivity contribution in [2.75, 3.05) is 14.2 Å². The molecule has 0 saturated carbocycles. The highest BCUT2D eigenvalue weighted by Gasteiger charge is 2.10. The van der Waals surface area contributed by atoms with Gasteiger partial charge in [-0.3, -0.25) is 5.41 Å². The molecule has 19 heavy (non-hydrogen) atoms. The van der Waals surface area contributed by atoms with Crippen molar-refractivity contribution < 1.29 is 4.74 Å². The number of amidine groups is 1. The van der Waals surface area contributed by atoms with E-state index in [9.17, 15) is 0 Å². The summed E-state index contributed by atoms with van der Waals surface area (Å²) in [7, 11) is 3.59. The summed E-state index contributed by atoms with van der Waals surface area (Å²) in [5.74, 6) is 1.36. The zero-order valence-corrected chi connectivity index (χ0v) is 11.3. The maximum Gasteiger partial charge on any atom is 0.128 e. The first-order valence-corrected chi connectivity index (χ1v) is 6.19. The van der Waals surface area contributed by atoms with E-state index in [4.69, 9.17) is 10.1 Å². The van der Waals surface area contributed by atoms with Gasteiger partial charge >= 0.3 is 0 Å². The Labute approximate surface area is 114 Å². The smallest absolute Gasteiger partial charge is 0.128 e. The summed E-state index contributed by atoms with van der Waals surface area (Å²) < 4.78 is 5.33. The number of hydrogen-bond donors (Lipinski definition) is 1. The Morgan fingerprint density at radius 2 is 1.68 bits per heavy atom. The number of nitrogens with one attached hydrogen (secondary N) is 1. The minimum Gasteiger partial charge on any atom is -0.496 e. The molecule has 0 aliphatic heterocycles. The number of hydrogen-bond acceptors (Lipinski definition) is 2. The van der Waals surface area contributed by atoms with Crippen LogP contribution in [0.1, 0.15) is 11.1 Å². The molecule has 0 unspecified atom stereocenters. The summed E-state index contributed by atoms with van der Waals surface area (Å²) in [6.45, 7) is 0.651. The molecule has 3 nitrogen and oxygen atoms in total. The van der Waals surface area contributed by atoms with Gasteiger partial charge in [-0.15, -0.1) is 0 Å². The second-order valence-corrected chi connectivity index (χ2v) is 4.38. The normalized spacial score (nSPS) is 10.0. The van der Waals surface area contributed by atoms with Crippen molar-refractivity contribution in [3.8, 4) is 5.75 Å². The molecule has 3 heteroatoms. The lowest BCUT2D eigenvalue weighted by atomic mass is 10.1. The molecule has 2 aromatic carbocycles. The van der Waals surface area contributed by atoms with Gasteiger partial charge in [0.15, 0.2) is 0 Å². The van der Waals surface area contributed by atoms with Crippen molar-refractivity contribution in [1.29, 1.82) is 5.41 Å². The highest BCUT2D eigenvalue weighted by molar-refractivity contribution is 5.96. The van der Waals surface area contributed by atoms with Crippen LogP contribution in [0.15, 0.2) is 54.6 Å². The van der Waals surface area contributed by atoms with Crippen LogP contribution in [0.3, 0.4) is 0 Å². The number of rotatable bonds is 4. The lowest BCUT2D eigenvalue weighted by molar-refractivity contribution is 0.398. The second kappa shape index (κ2) is 6.05. The molecule has 1 N–H and O–H groups in total. The molecule has 0 heterocycles. The molecule has 2 rings (SSSR count). The summed E-state index contributed by atoms with van der Waals surface area (Å²) >= 11 is 0. The van der Waals surface area contributed by atoms with Crippen LogP contribution in [-0.4, -0.2) is 24.9 Å². The molecule has 0 radical (unpaired) electrons. The van der Waals surface area contributed by atoms with Gasteiger partial charge in [-0.05, 0) is 6.07 Å². The van der Waals surface area contributed by atoms with Crippen molar-refractivity contribution in [2.45, 2.75) is 6.54 Å². The minimum atomic E-state index is 0.506. The molecule has 0 amide bonds. The summed E-state index contributed by atoms with van der Waals surface area (Å²) in [4.78, 5) is 1.91. The first-order chi connectivity index (χ1) is 9.22. The lowest BCUT2D eigenvalue weighted by Gasteiger charge is -2.21. The Morgan fingerprint density at radius 1 is 1.05 bits per heavy atom. The SMILES string of the molecule is COc1ccccc1CN(C)C(=N)c1ccccc1. The van der Waals surface area contributed by atoms with E-state index in [0.29, 0.717) is 12.4 Å². The maximum atomic E-state index is 8.20. The number of nitrogens with zero attached hydrogens (tertiary/aromatic N) is 1. The molecule has 98 valence electrons. The van der Waals surface area contributed by atoms with E-state index in [-0.39, 0.29) is 0 Å². The molecular formula is C16H18N2O. The van der Waals surface area contributed by atoms with Crippen molar-refractivity contribution in [3.05, 3.63) is 65.7 Å². The van der Waals surface area contributed by atoms with Crippen molar-refractivity contribution >= 4 is 5.84 Å². The topological polar surface area (TPSA) is 36.3 Å². The van der Waals surface area contributed by atoms with E-state index in [1.54, 1.807) is 7.11 Å². The number of methoxy groups -OCH3 is 1. The Morgan fingerprint density at radius 3 is 2.37 bits per heavy atom. The van der Waals surface area contributed by atoms with Gasteiger partial charge < -0.3 is 9.64 Å². The van der Waals surface area contributed by atoms with Crippen LogP contribution < -0.4 is 4.74 Å². The standard InChI is InChI=1S/C16H18N2O/c1-18(16(17)13-8-4-3-5-9-13)12-14-10-6-7-11-15(14)19-2/h3-11,17H,12H2,1-2H3. The monoisotopic (exact) mass is 254 g/mol. The van der Waals surface area contributed by atoms with Crippen LogP contribution in [0.5, 0.6) is 5.75 Å². The van der Waals surface area contributed by atoms with Crippen LogP contribution in [-0.2, 0) is 6.54 Å². The van der Waals surface area contributed by atoms with Crippen molar-refractivity contribution in [1.82, 2.24) is 4.90 Å². The van der Waals surface area contributed by atoms with Crippen LogP contribution >= 0.6 is 0 Å². The summed E-state index contributed by atoms with van der Waals surface area (Å²) in [5.41, 5.74) is 1.99. The molecular weight excluding hydrogens is 236 g/mol. The van der Waals surface area contributed by atoms with E-state index < -0.39 is 0 Å². The fraction of sp³-hybridized carbons (Fsp3) is 0.188. The Kier molecular flexibility index (Phi) is 4.18. The second-order valence-electron chi connectivity index (χ2n) is 4.38. The number of para-hydroxylation sites is 1. The van der Waals surface area contributed by atoms with Gasteiger partial charge in [-0.1, -0.05) is 48.5 Å². The summed E-state index contributed by atoms with van der Waals surface area (Å²) in [5, 5.41) is 8.20. The van der Waals surface area contributed by atoms with Gasteiger partial charge in [-0.2, -0.15) is 0 Å². The molecule has 0 saturated heterocycles. The number of benzene rings is 2. The highest BCUT2D eigenvalue weighted by atomic mass is 16.5. The van der Waals surface area contributed by atoms with Gasteiger partial charge in [0.25, 0.3) is 0 Å². The average molecular weight is 254 g/mol. The zero-order valence-electron chi connectivity index (χ0n) is 11.3. The molecule has 2 aromatic rings. The van der Waals surface area contributed by atoms with Gasteiger partial charge in [0.1, 0.15) is 11.6 Å².